The van der Waals surface area contributed by atoms with Crippen molar-refractivity contribution in [1.82, 2.24) is 4.90 Å². The number of nitrogens with one attached hydrogen (secondary N) is 1. The summed E-state index contributed by atoms with van der Waals surface area (Å²) in [7, 11) is 2.19. The number of likely N-dealkylation sites (tertiary alicyclic amines) is 1. The molecule has 1 saturated heterocycles. The molecule has 0 bridgehead atoms. The molecule has 4 heteroatoms. The summed E-state index contributed by atoms with van der Waals surface area (Å²) >= 11 is 3.49. The highest BCUT2D eigenvalue weighted by atomic mass is 79.9. The van der Waals surface area contributed by atoms with E-state index in [1.54, 1.807) is 0 Å². The SMILES string of the molecule is CN1CCC(C2Nc3cc(Br)ccc3O2)CC1. The number of piperidine rings is 1. The Bertz CT molecular complexity index is 416. The van der Waals surface area contributed by atoms with Crippen LogP contribution in [0.2, 0.25) is 0 Å². The highest BCUT2D eigenvalue weighted by Crippen LogP contribution is 2.37. The molecular formula is C13H17BrN2O. The molecule has 17 heavy (non-hydrogen) atoms. The zero-order valence-corrected chi connectivity index (χ0v) is 11.5. The lowest BCUT2D eigenvalue weighted by molar-refractivity contribution is 0.115. The van der Waals surface area contributed by atoms with Gasteiger partial charge in [-0.1, -0.05) is 15.9 Å². The molecule has 2 aliphatic rings. The number of halogens is 1. The van der Waals surface area contributed by atoms with E-state index in [1.807, 2.05) is 12.1 Å². The Labute approximate surface area is 110 Å². The first-order chi connectivity index (χ1) is 8.22. The van der Waals surface area contributed by atoms with Gasteiger partial charge in [0.2, 0.25) is 0 Å². The third-order valence-electron chi connectivity index (χ3n) is 3.68. The first-order valence-corrected chi connectivity index (χ1v) is 6.93. The van der Waals surface area contributed by atoms with Crippen molar-refractivity contribution in [1.29, 1.82) is 0 Å². The zero-order chi connectivity index (χ0) is 11.8. The van der Waals surface area contributed by atoms with Crippen LogP contribution >= 0.6 is 15.9 Å². The van der Waals surface area contributed by atoms with Gasteiger partial charge in [0.05, 0.1) is 5.69 Å². The number of nitrogens with zero attached hydrogens (tertiary/aromatic N) is 1. The fourth-order valence-electron chi connectivity index (χ4n) is 2.58. The second-order valence-electron chi connectivity index (χ2n) is 4.96. The largest absolute Gasteiger partial charge is 0.468 e. The number of fused-ring (bicyclic) bond motifs is 1. The van der Waals surface area contributed by atoms with E-state index in [-0.39, 0.29) is 6.23 Å². The molecule has 3 nitrogen and oxygen atoms in total. The molecule has 3 rings (SSSR count). The zero-order valence-electron chi connectivity index (χ0n) is 9.95. The van der Waals surface area contributed by atoms with Crippen LogP contribution in [0.15, 0.2) is 22.7 Å². The molecular weight excluding hydrogens is 280 g/mol. The number of anilines is 1. The van der Waals surface area contributed by atoms with E-state index in [1.165, 1.54) is 25.9 Å². The summed E-state index contributed by atoms with van der Waals surface area (Å²) in [4.78, 5) is 2.38. The van der Waals surface area contributed by atoms with Crippen LogP contribution in [0.1, 0.15) is 12.8 Å². The highest BCUT2D eigenvalue weighted by molar-refractivity contribution is 9.10. The summed E-state index contributed by atoms with van der Waals surface area (Å²) in [6.07, 6.45) is 2.58. The van der Waals surface area contributed by atoms with E-state index >= 15 is 0 Å². The topological polar surface area (TPSA) is 24.5 Å². The number of hydrogen-bond donors (Lipinski definition) is 1. The Hall–Kier alpha value is -0.740. The predicted molar refractivity (Wildman–Crippen MR) is 72.4 cm³/mol. The molecule has 1 atom stereocenters. The van der Waals surface area contributed by atoms with Gasteiger partial charge >= 0.3 is 0 Å². The smallest absolute Gasteiger partial charge is 0.173 e. The van der Waals surface area contributed by atoms with Crippen molar-refractivity contribution in [3.05, 3.63) is 22.7 Å². The molecule has 1 unspecified atom stereocenters. The van der Waals surface area contributed by atoms with E-state index in [9.17, 15) is 0 Å². The monoisotopic (exact) mass is 296 g/mol. The van der Waals surface area contributed by atoms with Crippen LogP contribution in [-0.4, -0.2) is 31.3 Å². The van der Waals surface area contributed by atoms with Gasteiger partial charge in [-0.25, -0.2) is 0 Å². The van der Waals surface area contributed by atoms with Gasteiger partial charge in [-0.3, -0.25) is 0 Å². The van der Waals surface area contributed by atoms with Crippen LogP contribution in [0, 0.1) is 5.92 Å². The Morgan fingerprint density at radius 2 is 2.12 bits per heavy atom. The number of benzene rings is 1. The molecule has 0 aliphatic carbocycles. The van der Waals surface area contributed by atoms with Crippen molar-refractivity contribution in [2.75, 3.05) is 25.5 Å². The number of rotatable bonds is 1. The molecule has 1 aromatic carbocycles. The second kappa shape index (κ2) is 4.50. The Kier molecular flexibility index (Phi) is 3.01. The van der Waals surface area contributed by atoms with Crippen LogP contribution < -0.4 is 10.1 Å². The highest BCUT2D eigenvalue weighted by Gasteiger charge is 2.31. The van der Waals surface area contributed by atoms with E-state index in [2.05, 4.69) is 39.3 Å². The van der Waals surface area contributed by atoms with Gasteiger partial charge in [-0.05, 0) is 51.2 Å². The Balaban J connectivity index is 1.69. The van der Waals surface area contributed by atoms with E-state index in [4.69, 9.17) is 4.74 Å². The lowest BCUT2D eigenvalue weighted by atomic mass is 9.95. The summed E-state index contributed by atoms with van der Waals surface area (Å²) in [5, 5.41) is 3.49. The first kappa shape index (κ1) is 11.4. The van der Waals surface area contributed by atoms with Crippen LogP contribution in [0.3, 0.4) is 0 Å². The van der Waals surface area contributed by atoms with E-state index < -0.39 is 0 Å². The van der Waals surface area contributed by atoms with Crippen molar-refractivity contribution >= 4 is 21.6 Å². The van der Waals surface area contributed by atoms with Crippen molar-refractivity contribution < 1.29 is 4.74 Å². The summed E-state index contributed by atoms with van der Waals surface area (Å²) in [5.41, 5.74) is 1.11. The predicted octanol–water partition coefficient (Wildman–Crippen LogP) is 2.92. The maximum absolute atomic E-state index is 5.99. The Morgan fingerprint density at radius 1 is 1.35 bits per heavy atom. The normalized spacial score (nSPS) is 25.2. The second-order valence-corrected chi connectivity index (χ2v) is 5.88. The van der Waals surface area contributed by atoms with E-state index in [0.717, 1.165) is 15.9 Å². The molecule has 2 heterocycles. The van der Waals surface area contributed by atoms with Crippen molar-refractivity contribution in [3.8, 4) is 5.75 Å². The molecule has 92 valence electrons. The molecule has 0 radical (unpaired) electrons. The summed E-state index contributed by atoms with van der Waals surface area (Å²) in [5.74, 6) is 1.61. The minimum atomic E-state index is 0.160. The lowest BCUT2D eigenvalue weighted by Crippen LogP contribution is -2.39. The van der Waals surface area contributed by atoms with Crippen molar-refractivity contribution in [2.24, 2.45) is 5.92 Å². The van der Waals surface area contributed by atoms with Gasteiger partial charge in [0.25, 0.3) is 0 Å². The van der Waals surface area contributed by atoms with Gasteiger partial charge in [0.15, 0.2) is 6.23 Å². The van der Waals surface area contributed by atoms with Gasteiger partial charge in [-0.15, -0.1) is 0 Å². The van der Waals surface area contributed by atoms with Crippen molar-refractivity contribution in [3.63, 3.8) is 0 Å². The number of hydrogen-bond acceptors (Lipinski definition) is 3. The fourth-order valence-corrected chi connectivity index (χ4v) is 2.94. The molecule has 0 spiro atoms. The molecule has 0 aromatic heterocycles. The van der Waals surface area contributed by atoms with Gasteiger partial charge in [-0.2, -0.15) is 0 Å². The summed E-state index contributed by atoms with van der Waals surface area (Å²) < 4.78 is 7.08. The molecule has 1 fully saturated rings. The first-order valence-electron chi connectivity index (χ1n) is 6.14. The minimum Gasteiger partial charge on any atom is -0.468 e. The Morgan fingerprint density at radius 3 is 2.88 bits per heavy atom. The average Bonchev–Trinajstić information content (AvgIpc) is 2.72. The maximum Gasteiger partial charge on any atom is 0.173 e. The standard InChI is InChI=1S/C13H17BrN2O/c1-16-6-4-9(5-7-16)13-15-11-8-10(14)2-3-12(11)17-13/h2-3,8-9,13,15H,4-7H2,1H3. The number of ether oxygens (including phenoxy) is 1. The van der Waals surface area contributed by atoms with Crippen LogP contribution in [-0.2, 0) is 0 Å². The van der Waals surface area contributed by atoms with Crippen LogP contribution in [0.4, 0.5) is 5.69 Å². The third kappa shape index (κ3) is 2.29. The van der Waals surface area contributed by atoms with Gasteiger partial charge in [0, 0.05) is 10.4 Å². The summed E-state index contributed by atoms with van der Waals surface area (Å²) in [6.45, 7) is 2.35. The van der Waals surface area contributed by atoms with Gasteiger partial charge in [0.1, 0.15) is 5.75 Å². The van der Waals surface area contributed by atoms with Crippen molar-refractivity contribution in [2.45, 2.75) is 19.1 Å². The molecule has 1 N–H and O–H groups in total. The minimum absolute atomic E-state index is 0.160. The van der Waals surface area contributed by atoms with Crippen LogP contribution in [0.25, 0.3) is 0 Å². The molecule has 0 amide bonds. The summed E-state index contributed by atoms with van der Waals surface area (Å²) in [6, 6.07) is 6.14. The quantitative estimate of drug-likeness (QED) is 0.862. The van der Waals surface area contributed by atoms with Gasteiger partial charge < -0.3 is 15.0 Å². The van der Waals surface area contributed by atoms with E-state index in [0.29, 0.717) is 5.92 Å². The molecule has 1 aromatic rings. The fraction of sp³-hybridized carbons (Fsp3) is 0.538. The van der Waals surface area contributed by atoms with Crippen LogP contribution in [0.5, 0.6) is 5.75 Å². The molecule has 0 saturated carbocycles. The lowest BCUT2D eigenvalue weighted by Gasteiger charge is -2.31. The average molecular weight is 297 g/mol. The third-order valence-corrected chi connectivity index (χ3v) is 4.18. The molecule has 2 aliphatic heterocycles. The maximum atomic E-state index is 5.99.